The molecule has 0 rings (SSSR count). The van der Waals surface area contributed by atoms with Crippen molar-refractivity contribution in [3.8, 4) is 0 Å². The van der Waals surface area contributed by atoms with Crippen molar-refractivity contribution in [1.82, 2.24) is 0 Å². The summed E-state index contributed by atoms with van der Waals surface area (Å²) >= 11 is 0. The van der Waals surface area contributed by atoms with Gasteiger partial charge in [-0.15, -0.1) is 0 Å². The average molecular weight is 142 g/mol. The molecule has 0 aromatic heterocycles. The van der Waals surface area contributed by atoms with E-state index in [1.807, 2.05) is 0 Å². The molecule has 0 amide bonds. The monoisotopic (exact) mass is 142 g/mol. The van der Waals surface area contributed by atoms with Crippen LogP contribution in [0.15, 0.2) is 12.2 Å². The zero-order valence-electron chi connectivity index (χ0n) is 5.87. The molecule has 0 saturated carbocycles. The van der Waals surface area contributed by atoms with E-state index in [2.05, 4.69) is 4.74 Å². The van der Waals surface area contributed by atoms with Gasteiger partial charge in [0.05, 0.1) is 6.61 Å². The van der Waals surface area contributed by atoms with Crippen LogP contribution in [-0.2, 0) is 14.3 Å². The summed E-state index contributed by atoms with van der Waals surface area (Å²) in [5.41, 5.74) is 0. The molecule has 0 aliphatic rings. The summed E-state index contributed by atoms with van der Waals surface area (Å²) in [4.78, 5) is 20.2. The third-order valence-corrected chi connectivity index (χ3v) is 0.773. The fourth-order valence-electron chi connectivity index (χ4n) is 0.410. The highest BCUT2D eigenvalue weighted by molar-refractivity contribution is 5.82. The van der Waals surface area contributed by atoms with Gasteiger partial charge < -0.3 is 9.53 Å². The number of esters is 1. The highest BCUT2D eigenvalue weighted by Crippen LogP contribution is 1.82. The normalized spacial score (nSPS) is 9.70. The summed E-state index contributed by atoms with van der Waals surface area (Å²) in [6.45, 7) is 2.09. The van der Waals surface area contributed by atoms with E-state index in [1.165, 1.54) is 12.2 Å². The Morgan fingerprint density at radius 1 is 1.60 bits per heavy atom. The lowest BCUT2D eigenvalue weighted by Crippen LogP contribution is -1.98. The van der Waals surface area contributed by atoms with E-state index >= 15 is 0 Å². The molecular weight excluding hydrogens is 132 g/mol. The van der Waals surface area contributed by atoms with Crippen molar-refractivity contribution in [2.75, 3.05) is 6.61 Å². The summed E-state index contributed by atoms with van der Waals surface area (Å²) in [6, 6.07) is 0. The predicted molar refractivity (Wildman–Crippen MR) is 36.5 cm³/mol. The van der Waals surface area contributed by atoms with Gasteiger partial charge in [-0.2, -0.15) is 0 Å². The first-order valence-electron chi connectivity index (χ1n) is 3.08. The number of ether oxygens (including phenoxy) is 1. The molecule has 0 bridgehead atoms. The van der Waals surface area contributed by atoms with Crippen LogP contribution in [0.2, 0.25) is 0 Å². The molecule has 56 valence electrons. The van der Waals surface area contributed by atoms with Gasteiger partial charge in [0, 0.05) is 12.5 Å². The first-order chi connectivity index (χ1) is 4.81. The van der Waals surface area contributed by atoms with Gasteiger partial charge in [-0.3, -0.25) is 0 Å². The minimum Gasteiger partial charge on any atom is -0.463 e. The SMILES string of the molecule is CCOC(=O)/C=C/CC=O. The van der Waals surface area contributed by atoms with Gasteiger partial charge in [-0.25, -0.2) is 4.79 Å². The molecule has 0 atom stereocenters. The Labute approximate surface area is 59.7 Å². The highest BCUT2D eigenvalue weighted by Gasteiger charge is 1.90. The number of allylic oxidation sites excluding steroid dienone is 1. The zero-order chi connectivity index (χ0) is 7.82. The van der Waals surface area contributed by atoms with Crippen molar-refractivity contribution >= 4 is 12.3 Å². The van der Waals surface area contributed by atoms with Crippen LogP contribution in [0, 0.1) is 0 Å². The van der Waals surface area contributed by atoms with Crippen LogP contribution in [0.5, 0.6) is 0 Å². The fraction of sp³-hybridized carbons (Fsp3) is 0.429. The van der Waals surface area contributed by atoms with Crippen molar-refractivity contribution in [3.05, 3.63) is 12.2 Å². The second kappa shape index (κ2) is 6.01. The third-order valence-electron chi connectivity index (χ3n) is 0.773. The van der Waals surface area contributed by atoms with E-state index < -0.39 is 5.97 Å². The first-order valence-corrected chi connectivity index (χ1v) is 3.08. The Kier molecular flexibility index (Phi) is 5.33. The van der Waals surface area contributed by atoms with Gasteiger partial charge in [-0.05, 0) is 6.92 Å². The van der Waals surface area contributed by atoms with E-state index in [1.54, 1.807) is 6.92 Å². The Morgan fingerprint density at radius 2 is 2.30 bits per heavy atom. The standard InChI is InChI=1S/C7H10O3/c1-2-10-7(9)5-3-4-6-8/h3,5-6H,2,4H2,1H3/b5-3+. The van der Waals surface area contributed by atoms with Crippen LogP contribution in [0.25, 0.3) is 0 Å². The second-order valence-electron chi connectivity index (χ2n) is 1.56. The van der Waals surface area contributed by atoms with Crippen molar-refractivity contribution in [1.29, 1.82) is 0 Å². The topological polar surface area (TPSA) is 43.4 Å². The molecule has 0 aliphatic carbocycles. The second-order valence-corrected chi connectivity index (χ2v) is 1.56. The largest absolute Gasteiger partial charge is 0.463 e. The molecule has 0 N–H and O–H groups in total. The Balaban J connectivity index is 3.45. The lowest BCUT2D eigenvalue weighted by atomic mass is 10.4. The van der Waals surface area contributed by atoms with Crippen molar-refractivity contribution in [2.24, 2.45) is 0 Å². The van der Waals surface area contributed by atoms with Crippen LogP contribution in [-0.4, -0.2) is 18.9 Å². The van der Waals surface area contributed by atoms with E-state index in [0.717, 1.165) is 6.29 Å². The summed E-state index contributed by atoms with van der Waals surface area (Å²) < 4.78 is 4.55. The predicted octanol–water partition coefficient (Wildman–Crippen LogP) is 0.695. The zero-order valence-corrected chi connectivity index (χ0v) is 5.87. The number of hydrogen-bond acceptors (Lipinski definition) is 3. The van der Waals surface area contributed by atoms with Crippen molar-refractivity contribution in [3.63, 3.8) is 0 Å². The molecule has 3 nitrogen and oxygen atoms in total. The lowest BCUT2D eigenvalue weighted by Gasteiger charge is -1.92. The maximum atomic E-state index is 10.5. The Bertz CT molecular complexity index is 138. The molecule has 0 aromatic carbocycles. The molecule has 0 radical (unpaired) electrons. The molecule has 0 aromatic rings. The Hall–Kier alpha value is -1.12. The van der Waals surface area contributed by atoms with E-state index in [0.29, 0.717) is 6.61 Å². The number of aldehydes is 1. The summed E-state index contributed by atoms with van der Waals surface area (Å²) in [7, 11) is 0. The minimum atomic E-state index is -0.399. The van der Waals surface area contributed by atoms with Gasteiger partial charge in [0.15, 0.2) is 0 Å². The van der Waals surface area contributed by atoms with Crippen LogP contribution in [0.3, 0.4) is 0 Å². The van der Waals surface area contributed by atoms with Crippen LogP contribution >= 0.6 is 0 Å². The van der Waals surface area contributed by atoms with Gasteiger partial charge in [0.25, 0.3) is 0 Å². The average Bonchev–Trinajstić information content (AvgIpc) is 1.89. The minimum absolute atomic E-state index is 0.263. The fourth-order valence-corrected chi connectivity index (χ4v) is 0.410. The maximum Gasteiger partial charge on any atom is 0.330 e. The van der Waals surface area contributed by atoms with Crippen molar-refractivity contribution in [2.45, 2.75) is 13.3 Å². The molecule has 10 heavy (non-hydrogen) atoms. The van der Waals surface area contributed by atoms with Gasteiger partial charge in [0.2, 0.25) is 0 Å². The summed E-state index contributed by atoms with van der Waals surface area (Å²) in [5.74, 6) is -0.399. The van der Waals surface area contributed by atoms with Gasteiger partial charge in [-0.1, -0.05) is 6.08 Å². The van der Waals surface area contributed by atoms with E-state index in [4.69, 9.17) is 0 Å². The number of rotatable bonds is 4. The maximum absolute atomic E-state index is 10.5. The molecular formula is C7H10O3. The smallest absolute Gasteiger partial charge is 0.330 e. The van der Waals surface area contributed by atoms with Crippen LogP contribution < -0.4 is 0 Å². The third kappa shape index (κ3) is 5.03. The van der Waals surface area contributed by atoms with Crippen LogP contribution in [0.1, 0.15) is 13.3 Å². The molecule has 0 spiro atoms. The summed E-state index contributed by atoms with van der Waals surface area (Å²) in [5, 5.41) is 0. The summed E-state index contributed by atoms with van der Waals surface area (Å²) in [6.07, 6.45) is 3.69. The number of carbonyl (C=O) groups excluding carboxylic acids is 2. The van der Waals surface area contributed by atoms with Crippen LogP contribution in [0.4, 0.5) is 0 Å². The molecule has 0 unspecified atom stereocenters. The lowest BCUT2D eigenvalue weighted by molar-refractivity contribution is -0.137. The molecule has 3 heteroatoms. The quantitative estimate of drug-likeness (QED) is 0.329. The van der Waals surface area contributed by atoms with Gasteiger partial charge in [0.1, 0.15) is 6.29 Å². The number of carbonyl (C=O) groups is 2. The number of hydrogen-bond donors (Lipinski definition) is 0. The molecule has 0 fully saturated rings. The van der Waals surface area contributed by atoms with E-state index in [-0.39, 0.29) is 6.42 Å². The highest BCUT2D eigenvalue weighted by atomic mass is 16.5. The first kappa shape index (κ1) is 8.88. The van der Waals surface area contributed by atoms with E-state index in [9.17, 15) is 9.59 Å². The molecule has 0 heterocycles. The Morgan fingerprint density at radius 3 is 2.80 bits per heavy atom. The van der Waals surface area contributed by atoms with Crippen molar-refractivity contribution < 1.29 is 14.3 Å². The molecule has 0 aliphatic heterocycles. The molecule has 0 saturated heterocycles. The van der Waals surface area contributed by atoms with Gasteiger partial charge >= 0.3 is 5.97 Å².